The molecule has 106 valence electrons. The Morgan fingerprint density at radius 3 is 2.95 bits per heavy atom. The van der Waals surface area contributed by atoms with Crippen molar-refractivity contribution in [2.24, 2.45) is 0 Å². The highest BCUT2D eigenvalue weighted by Crippen LogP contribution is 2.30. The zero-order valence-electron chi connectivity index (χ0n) is 11.5. The van der Waals surface area contributed by atoms with Gasteiger partial charge in [0, 0.05) is 18.5 Å². The van der Waals surface area contributed by atoms with Crippen molar-refractivity contribution in [3.8, 4) is 5.75 Å². The van der Waals surface area contributed by atoms with Gasteiger partial charge in [-0.15, -0.1) is 5.10 Å². The van der Waals surface area contributed by atoms with Gasteiger partial charge >= 0.3 is 6.01 Å². The molecule has 0 spiro atoms. The summed E-state index contributed by atoms with van der Waals surface area (Å²) in [5, 5.41) is 20.5. The first-order valence-corrected chi connectivity index (χ1v) is 6.58. The van der Waals surface area contributed by atoms with Crippen molar-refractivity contribution in [3.05, 3.63) is 35.2 Å². The Morgan fingerprint density at radius 1 is 1.35 bits per heavy atom. The summed E-state index contributed by atoms with van der Waals surface area (Å²) >= 11 is 0. The third kappa shape index (κ3) is 2.46. The van der Waals surface area contributed by atoms with Gasteiger partial charge in [-0.3, -0.25) is 0 Å². The monoisotopic (exact) mass is 275 g/mol. The first-order valence-electron chi connectivity index (χ1n) is 6.58. The van der Waals surface area contributed by atoms with Crippen LogP contribution in [0, 0.1) is 0 Å². The second kappa shape index (κ2) is 4.79. The van der Waals surface area contributed by atoms with Crippen LogP contribution < -0.4 is 10.1 Å². The largest absolute Gasteiger partial charge is 0.493 e. The van der Waals surface area contributed by atoms with Gasteiger partial charge in [-0.05, 0) is 19.4 Å². The molecule has 6 nitrogen and oxygen atoms in total. The van der Waals surface area contributed by atoms with E-state index in [1.54, 1.807) is 13.8 Å². The molecule has 2 N–H and O–H groups in total. The molecule has 0 amide bonds. The molecule has 1 aliphatic heterocycles. The summed E-state index contributed by atoms with van der Waals surface area (Å²) in [6.45, 7) is 4.47. The van der Waals surface area contributed by atoms with Crippen LogP contribution >= 0.6 is 0 Å². The molecule has 0 aliphatic carbocycles. The summed E-state index contributed by atoms with van der Waals surface area (Å²) in [5.41, 5.74) is 1.15. The molecule has 1 aromatic carbocycles. The normalized spacial score (nSPS) is 13.9. The lowest BCUT2D eigenvalue weighted by atomic mass is 10.1. The van der Waals surface area contributed by atoms with Crippen LogP contribution in [0.1, 0.15) is 30.9 Å². The van der Waals surface area contributed by atoms with Crippen LogP contribution in [0.25, 0.3) is 0 Å². The predicted molar refractivity (Wildman–Crippen MR) is 72.5 cm³/mol. The van der Waals surface area contributed by atoms with Crippen LogP contribution in [-0.2, 0) is 18.6 Å². The summed E-state index contributed by atoms with van der Waals surface area (Å²) in [7, 11) is 0. The molecule has 6 heteroatoms. The van der Waals surface area contributed by atoms with Crippen molar-refractivity contribution < 1.29 is 14.3 Å². The summed E-state index contributed by atoms with van der Waals surface area (Å²) in [6.07, 6.45) is 0.951. The maximum atomic E-state index is 9.77. The molecule has 0 saturated carbocycles. The summed E-state index contributed by atoms with van der Waals surface area (Å²) < 4.78 is 11.0. The Balaban J connectivity index is 1.71. The number of aromatic nitrogens is 2. The Hall–Kier alpha value is -2.08. The predicted octanol–water partition coefficient (Wildman–Crippen LogP) is 1.84. The van der Waals surface area contributed by atoms with Crippen LogP contribution in [0.4, 0.5) is 6.01 Å². The Labute approximate surface area is 116 Å². The fraction of sp³-hybridized carbons (Fsp3) is 0.429. The van der Waals surface area contributed by atoms with Gasteiger partial charge in [-0.25, -0.2) is 0 Å². The van der Waals surface area contributed by atoms with Crippen molar-refractivity contribution in [2.45, 2.75) is 32.4 Å². The maximum absolute atomic E-state index is 9.77. The summed E-state index contributed by atoms with van der Waals surface area (Å²) in [6, 6.07) is 6.38. The van der Waals surface area contributed by atoms with E-state index in [2.05, 4.69) is 21.6 Å². The van der Waals surface area contributed by atoms with E-state index in [4.69, 9.17) is 9.15 Å². The molecule has 20 heavy (non-hydrogen) atoms. The van der Waals surface area contributed by atoms with Gasteiger partial charge in [0.05, 0.1) is 6.61 Å². The zero-order valence-corrected chi connectivity index (χ0v) is 11.5. The van der Waals surface area contributed by atoms with Gasteiger partial charge in [0.1, 0.15) is 11.4 Å². The summed E-state index contributed by atoms with van der Waals surface area (Å²) in [5.74, 6) is 1.14. The number of fused-ring (bicyclic) bond motifs is 1. The Kier molecular flexibility index (Phi) is 3.10. The van der Waals surface area contributed by atoms with Gasteiger partial charge in [0.2, 0.25) is 5.89 Å². The zero-order chi connectivity index (χ0) is 14.2. The molecule has 0 saturated heterocycles. The number of ether oxygens (including phenoxy) is 1. The number of nitrogens with zero attached hydrogens (tertiary/aromatic N) is 2. The summed E-state index contributed by atoms with van der Waals surface area (Å²) in [4.78, 5) is 0. The van der Waals surface area contributed by atoms with Gasteiger partial charge in [-0.1, -0.05) is 23.3 Å². The number of benzene rings is 1. The minimum Gasteiger partial charge on any atom is -0.493 e. The third-order valence-electron chi connectivity index (χ3n) is 3.17. The third-order valence-corrected chi connectivity index (χ3v) is 3.17. The van der Waals surface area contributed by atoms with Gasteiger partial charge in [-0.2, -0.15) is 0 Å². The first kappa shape index (κ1) is 12.9. The number of hydrogen-bond donors (Lipinski definition) is 2. The fourth-order valence-corrected chi connectivity index (χ4v) is 2.14. The molecule has 0 fully saturated rings. The highest BCUT2D eigenvalue weighted by molar-refractivity contribution is 5.45. The fourth-order valence-electron chi connectivity index (χ4n) is 2.14. The average molecular weight is 275 g/mol. The molecule has 0 unspecified atom stereocenters. The van der Waals surface area contributed by atoms with E-state index in [0.717, 1.165) is 24.3 Å². The lowest BCUT2D eigenvalue weighted by molar-refractivity contribution is 0.0489. The van der Waals surface area contributed by atoms with E-state index in [9.17, 15) is 5.11 Å². The number of anilines is 1. The minimum atomic E-state index is -1.13. The highest BCUT2D eigenvalue weighted by Gasteiger charge is 2.24. The van der Waals surface area contributed by atoms with Crippen molar-refractivity contribution in [2.75, 3.05) is 11.9 Å². The molecule has 0 bridgehead atoms. The number of para-hydroxylation sites is 1. The van der Waals surface area contributed by atoms with E-state index in [0.29, 0.717) is 6.54 Å². The smallest absolute Gasteiger partial charge is 0.315 e. The van der Waals surface area contributed by atoms with Crippen LogP contribution in [0.2, 0.25) is 0 Å². The second-order valence-electron chi connectivity index (χ2n) is 5.33. The molecule has 1 aromatic heterocycles. The van der Waals surface area contributed by atoms with Crippen LogP contribution in [0.5, 0.6) is 5.75 Å². The molecule has 0 radical (unpaired) electrons. The molecular formula is C14H17N3O3. The molecule has 2 heterocycles. The molecule has 3 rings (SSSR count). The number of hydrogen-bond acceptors (Lipinski definition) is 6. The Bertz CT molecular complexity index is 616. The number of aliphatic hydroxyl groups is 1. The molecular weight excluding hydrogens is 258 g/mol. The van der Waals surface area contributed by atoms with E-state index >= 15 is 0 Å². The van der Waals surface area contributed by atoms with Gasteiger partial charge in [0.15, 0.2) is 0 Å². The molecule has 1 aliphatic rings. The maximum Gasteiger partial charge on any atom is 0.315 e. The van der Waals surface area contributed by atoms with Crippen molar-refractivity contribution in [1.82, 2.24) is 10.2 Å². The van der Waals surface area contributed by atoms with Crippen molar-refractivity contribution >= 4 is 6.01 Å². The number of rotatable bonds is 4. The van der Waals surface area contributed by atoms with E-state index in [1.807, 2.05) is 12.1 Å². The van der Waals surface area contributed by atoms with Crippen LogP contribution in [0.3, 0.4) is 0 Å². The van der Waals surface area contributed by atoms with E-state index < -0.39 is 5.60 Å². The van der Waals surface area contributed by atoms with Crippen LogP contribution in [0.15, 0.2) is 22.6 Å². The Morgan fingerprint density at radius 2 is 2.20 bits per heavy atom. The lowest BCUT2D eigenvalue weighted by Crippen LogP contribution is -2.15. The van der Waals surface area contributed by atoms with Crippen LogP contribution in [-0.4, -0.2) is 21.9 Å². The van der Waals surface area contributed by atoms with E-state index in [1.165, 1.54) is 5.56 Å². The quantitative estimate of drug-likeness (QED) is 0.886. The number of nitrogens with one attached hydrogen (secondary N) is 1. The van der Waals surface area contributed by atoms with E-state index in [-0.39, 0.29) is 11.9 Å². The van der Waals surface area contributed by atoms with Crippen molar-refractivity contribution in [1.29, 1.82) is 0 Å². The first-order chi connectivity index (χ1) is 9.54. The second-order valence-corrected chi connectivity index (χ2v) is 5.33. The standard InChI is InChI=1S/C14H17N3O3/c1-14(2,18)12-16-17-13(20-12)15-8-10-5-3-4-9-6-7-19-11(9)10/h3-5,18H,6-8H2,1-2H3,(H,15,17). The average Bonchev–Trinajstić information content (AvgIpc) is 3.04. The van der Waals surface area contributed by atoms with Gasteiger partial charge in [0.25, 0.3) is 0 Å². The van der Waals surface area contributed by atoms with Crippen molar-refractivity contribution in [3.63, 3.8) is 0 Å². The SMILES string of the molecule is CC(C)(O)c1nnc(NCc2cccc3c2OCC3)o1. The van der Waals surface area contributed by atoms with Gasteiger partial charge < -0.3 is 19.6 Å². The lowest BCUT2D eigenvalue weighted by Gasteiger charge is -2.10. The topological polar surface area (TPSA) is 80.4 Å². The highest BCUT2D eigenvalue weighted by atomic mass is 16.5. The minimum absolute atomic E-state index is 0.189. The molecule has 2 aromatic rings. The molecule has 0 atom stereocenters.